The lowest BCUT2D eigenvalue weighted by molar-refractivity contribution is -0.133. The van der Waals surface area contributed by atoms with Gasteiger partial charge in [0.05, 0.1) is 0 Å². The minimum Gasteiger partial charge on any atom is -0.352 e. The molecule has 0 aliphatic carbocycles. The third-order valence-electron chi connectivity index (χ3n) is 3.79. The third-order valence-corrected chi connectivity index (χ3v) is 5.72. The molecule has 11 heteroatoms. The Morgan fingerprint density at radius 2 is 1.80 bits per heavy atom. The van der Waals surface area contributed by atoms with Crippen molar-refractivity contribution in [3.63, 3.8) is 0 Å². The summed E-state index contributed by atoms with van der Waals surface area (Å²) >= 11 is 0. The first kappa shape index (κ1) is 19.1. The molecule has 0 aromatic heterocycles. The van der Waals surface area contributed by atoms with Gasteiger partial charge in [0, 0.05) is 32.2 Å². The SMILES string of the molecule is C[C@H](NC(N)=O)C(=O)N1CCN(S(=O)(=O)c2ccc(F)cc2F)CC1. The number of hydrogen-bond donors (Lipinski definition) is 2. The molecule has 138 valence electrons. The highest BCUT2D eigenvalue weighted by Crippen LogP contribution is 2.21. The first-order chi connectivity index (χ1) is 11.6. The number of nitrogens with two attached hydrogens (primary N) is 1. The van der Waals surface area contributed by atoms with Crippen LogP contribution in [-0.2, 0) is 14.8 Å². The van der Waals surface area contributed by atoms with Crippen LogP contribution in [0.1, 0.15) is 6.92 Å². The summed E-state index contributed by atoms with van der Waals surface area (Å²) < 4.78 is 52.7. The monoisotopic (exact) mass is 376 g/mol. The molecule has 1 aromatic rings. The third kappa shape index (κ3) is 4.23. The predicted molar refractivity (Wildman–Crippen MR) is 83.9 cm³/mol. The highest BCUT2D eigenvalue weighted by molar-refractivity contribution is 7.89. The van der Waals surface area contributed by atoms with Crippen molar-refractivity contribution in [2.75, 3.05) is 26.2 Å². The molecule has 0 spiro atoms. The lowest BCUT2D eigenvalue weighted by Crippen LogP contribution is -2.55. The molecule has 3 amide bonds. The van der Waals surface area contributed by atoms with E-state index < -0.39 is 44.5 Å². The van der Waals surface area contributed by atoms with E-state index in [1.54, 1.807) is 0 Å². The van der Waals surface area contributed by atoms with Crippen LogP contribution in [0.15, 0.2) is 23.1 Å². The van der Waals surface area contributed by atoms with Crippen molar-refractivity contribution in [1.29, 1.82) is 0 Å². The van der Waals surface area contributed by atoms with Gasteiger partial charge >= 0.3 is 6.03 Å². The van der Waals surface area contributed by atoms with Crippen molar-refractivity contribution >= 4 is 22.0 Å². The summed E-state index contributed by atoms with van der Waals surface area (Å²) in [6, 6.07) is 0.566. The first-order valence-corrected chi connectivity index (χ1v) is 8.87. The molecule has 1 aliphatic rings. The lowest BCUT2D eigenvalue weighted by Gasteiger charge is -2.35. The maximum atomic E-state index is 13.8. The Hall–Kier alpha value is -2.27. The van der Waals surface area contributed by atoms with Gasteiger partial charge in [0.15, 0.2) is 0 Å². The number of halogens is 2. The zero-order chi connectivity index (χ0) is 18.8. The number of carbonyl (C=O) groups excluding carboxylic acids is 2. The van der Waals surface area contributed by atoms with Crippen LogP contribution in [0, 0.1) is 11.6 Å². The van der Waals surface area contributed by atoms with E-state index in [-0.39, 0.29) is 26.2 Å². The number of nitrogens with zero attached hydrogens (tertiary/aromatic N) is 2. The number of sulfonamides is 1. The number of rotatable bonds is 4. The normalized spacial score (nSPS) is 17.2. The second-order valence-corrected chi connectivity index (χ2v) is 7.44. The van der Waals surface area contributed by atoms with Crippen LogP contribution < -0.4 is 11.1 Å². The van der Waals surface area contributed by atoms with Crippen LogP contribution in [0.2, 0.25) is 0 Å². The zero-order valence-electron chi connectivity index (χ0n) is 13.4. The molecule has 3 N–H and O–H groups in total. The van der Waals surface area contributed by atoms with Gasteiger partial charge < -0.3 is 16.0 Å². The molecule has 8 nitrogen and oxygen atoms in total. The van der Waals surface area contributed by atoms with Gasteiger partial charge in [-0.3, -0.25) is 4.79 Å². The Balaban J connectivity index is 2.06. The summed E-state index contributed by atoms with van der Waals surface area (Å²) in [5, 5.41) is 2.25. The topological polar surface area (TPSA) is 113 Å². The summed E-state index contributed by atoms with van der Waals surface area (Å²) in [7, 11) is -4.13. The number of hydrogen-bond acceptors (Lipinski definition) is 4. The summed E-state index contributed by atoms with van der Waals surface area (Å²) in [5.74, 6) is -2.44. The van der Waals surface area contributed by atoms with Gasteiger partial charge in [0.1, 0.15) is 22.6 Å². The summed E-state index contributed by atoms with van der Waals surface area (Å²) in [4.78, 5) is 23.7. The number of piperazine rings is 1. The molecule has 0 saturated carbocycles. The Bertz CT molecular complexity index is 779. The second-order valence-electron chi connectivity index (χ2n) is 5.53. The summed E-state index contributed by atoms with van der Waals surface area (Å²) in [6.45, 7) is 1.52. The van der Waals surface area contributed by atoms with Crippen molar-refractivity contribution in [2.24, 2.45) is 5.73 Å². The fraction of sp³-hybridized carbons (Fsp3) is 0.429. The maximum absolute atomic E-state index is 13.8. The van der Waals surface area contributed by atoms with Crippen molar-refractivity contribution in [1.82, 2.24) is 14.5 Å². The zero-order valence-corrected chi connectivity index (χ0v) is 14.2. The molecule has 1 fully saturated rings. The van der Waals surface area contributed by atoms with E-state index in [0.29, 0.717) is 6.07 Å². The van der Waals surface area contributed by atoms with Crippen molar-refractivity contribution < 1.29 is 26.8 Å². The van der Waals surface area contributed by atoms with Crippen LogP contribution in [-0.4, -0.2) is 61.8 Å². The maximum Gasteiger partial charge on any atom is 0.312 e. The number of nitrogens with one attached hydrogen (secondary N) is 1. The van der Waals surface area contributed by atoms with Crippen molar-refractivity contribution in [3.8, 4) is 0 Å². The van der Waals surface area contributed by atoms with Crippen LogP contribution in [0.5, 0.6) is 0 Å². The van der Waals surface area contributed by atoms with Gasteiger partial charge in [-0.2, -0.15) is 4.31 Å². The average Bonchev–Trinajstić information content (AvgIpc) is 2.53. The Morgan fingerprint density at radius 1 is 1.20 bits per heavy atom. The van der Waals surface area contributed by atoms with E-state index >= 15 is 0 Å². The standard InChI is InChI=1S/C14H18F2N4O4S/c1-9(18-14(17)22)13(21)19-4-6-20(7-5-19)25(23,24)12-3-2-10(15)8-11(12)16/h2-3,8-9H,4-7H2,1H3,(H3,17,18,22)/t9-/m0/s1. The number of benzene rings is 1. The molecule has 25 heavy (non-hydrogen) atoms. The number of urea groups is 1. The predicted octanol–water partition coefficient (Wildman–Crippen LogP) is -0.145. The molecule has 0 radical (unpaired) electrons. The Morgan fingerprint density at radius 3 is 2.32 bits per heavy atom. The van der Waals surface area contributed by atoms with E-state index in [0.717, 1.165) is 16.4 Å². The highest BCUT2D eigenvalue weighted by Gasteiger charge is 2.33. The van der Waals surface area contributed by atoms with E-state index in [9.17, 15) is 26.8 Å². The quantitative estimate of drug-likeness (QED) is 0.761. The molecule has 0 unspecified atom stereocenters. The van der Waals surface area contributed by atoms with Gasteiger partial charge in [0.25, 0.3) is 0 Å². The Kier molecular flexibility index (Phi) is 5.58. The van der Waals surface area contributed by atoms with E-state index in [1.807, 2.05) is 0 Å². The molecule has 1 aliphatic heterocycles. The van der Waals surface area contributed by atoms with Crippen molar-refractivity contribution in [2.45, 2.75) is 17.9 Å². The molecule has 1 atom stereocenters. The number of carbonyl (C=O) groups is 2. The largest absolute Gasteiger partial charge is 0.352 e. The van der Waals surface area contributed by atoms with E-state index in [1.165, 1.54) is 11.8 Å². The van der Waals surface area contributed by atoms with Crippen molar-refractivity contribution in [3.05, 3.63) is 29.8 Å². The van der Waals surface area contributed by atoms with Crippen LogP contribution >= 0.6 is 0 Å². The number of primary amides is 1. The second kappa shape index (κ2) is 7.31. The Labute approximate surface area is 143 Å². The molecule has 1 saturated heterocycles. The minimum absolute atomic E-state index is 0.0474. The molecule has 1 aromatic carbocycles. The lowest BCUT2D eigenvalue weighted by atomic mass is 10.2. The van der Waals surface area contributed by atoms with Gasteiger partial charge in [-0.25, -0.2) is 22.0 Å². The van der Waals surface area contributed by atoms with Gasteiger partial charge in [0.2, 0.25) is 15.9 Å². The average molecular weight is 376 g/mol. The smallest absolute Gasteiger partial charge is 0.312 e. The van der Waals surface area contributed by atoms with Crippen LogP contribution in [0.3, 0.4) is 0 Å². The van der Waals surface area contributed by atoms with Crippen LogP contribution in [0.25, 0.3) is 0 Å². The molecular weight excluding hydrogens is 358 g/mol. The van der Waals surface area contributed by atoms with Gasteiger partial charge in [-0.15, -0.1) is 0 Å². The van der Waals surface area contributed by atoms with E-state index in [2.05, 4.69) is 5.32 Å². The molecular formula is C14H18F2N4O4S. The molecule has 0 bridgehead atoms. The number of amides is 3. The highest BCUT2D eigenvalue weighted by atomic mass is 32.2. The molecule has 2 rings (SSSR count). The minimum atomic E-state index is -4.13. The van der Waals surface area contributed by atoms with Crippen LogP contribution in [0.4, 0.5) is 13.6 Å². The van der Waals surface area contributed by atoms with E-state index in [4.69, 9.17) is 5.73 Å². The summed E-state index contributed by atoms with van der Waals surface area (Å²) in [6.07, 6.45) is 0. The molecule has 1 heterocycles. The fourth-order valence-corrected chi connectivity index (χ4v) is 3.99. The fourth-order valence-electron chi connectivity index (χ4n) is 2.52. The first-order valence-electron chi connectivity index (χ1n) is 7.43. The summed E-state index contributed by atoms with van der Waals surface area (Å²) in [5.41, 5.74) is 4.96. The van der Waals surface area contributed by atoms with Gasteiger partial charge in [-0.05, 0) is 19.1 Å². The van der Waals surface area contributed by atoms with Gasteiger partial charge in [-0.1, -0.05) is 0 Å².